The number of phenols is 1. The molecule has 1 unspecified atom stereocenters. The summed E-state index contributed by atoms with van der Waals surface area (Å²) in [5.41, 5.74) is 0.768. The zero-order valence-corrected chi connectivity index (χ0v) is 9.37. The number of nitrogens with one attached hydrogen (secondary N) is 2. The molecule has 0 radical (unpaired) electrons. The van der Waals surface area contributed by atoms with E-state index in [9.17, 15) is 9.18 Å². The molecule has 1 aliphatic heterocycles. The lowest BCUT2D eigenvalue weighted by Crippen LogP contribution is -2.35. The summed E-state index contributed by atoms with van der Waals surface area (Å²) in [7, 11) is 0. The maximum atomic E-state index is 13.0. The molecular formula is C12H15FN2O2. The van der Waals surface area contributed by atoms with Gasteiger partial charge in [-0.05, 0) is 24.1 Å². The second kappa shape index (κ2) is 5.14. The minimum absolute atomic E-state index is 0.0903. The second-order valence-electron chi connectivity index (χ2n) is 4.22. The highest BCUT2D eigenvalue weighted by Crippen LogP contribution is 2.16. The number of carbonyl (C=O) groups excluding carboxylic acids is 1. The molecule has 1 saturated heterocycles. The lowest BCUT2D eigenvalue weighted by atomic mass is 10.2. The molecule has 4 nitrogen and oxygen atoms in total. The quantitative estimate of drug-likeness (QED) is 0.730. The number of benzene rings is 1. The summed E-state index contributed by atoms with van der Waals surface area (Å²) in [6.07, 6.45) is 1.43. The first kappa shape index (κ1) is 11.9. The molecule has 3 N–H and O–H groups in total. The average Bonchev–Trinajstić information content (AvgIpc) is 2.70. The molecule has 0 spiro atoms. The zero-order chi connectivity index (χ0) is 12.3. The number of carbonyl (C=O) groups is 1. The van der Waals surface area contributed by atoms with Gasteiger partial charge in [0.2, 0.25) is 5.91 Å². The molecule has 1 aromatic carbocycles. The molecule has 2 rings (SSSR count). The first-order valence-corrected chi connectivity index (χ1v) is 5.62. The van der Waals surface area contributed by atoms with E-state index in [1.54, 1.807) is 6.07 Å². The van der Waals surface area contributed by atoms with Gasteiger partial charge in [-0.15, -0.1) is 0 Å². The molecule has 17 heavy (non-hydrogen) atoms. The van der Waals surface area contributed by atoms with Gasteiger partial charge in [0.15, 0.2) is 11.6 Å². The van der Waals surface area contributed by atoms with Gasteiger partial charge in [0.25, 0.3) is 0 Å². The van der Waals surface area contributed by atoms with E-state index < -0.39 is 5.82 Å². The lowest BCUT2D eigenvalue weighted by molar-refractivity contribution is -0.119. The number of aromatic hydroxyl groups is 1. The SMILES string of the molecule is O=C1CCC(CNCc2ccc(O)c(F)c2)N1. The summed E-state index contributed by atoms with van der Waals surface area (Å²) >= 11 is 0. The van der Waals surface area contributed by atoms with Gasteiger partial charge in [0, 0.05) is 25.6 Å². The van der Waals surface area contributed by atoms with Gasteiger partial charge in [0.05, 0.1) is 0 Å². The third-order valence-corrected chi connectivity index (χ3v) is 2.82. The van der Waals surface area contributed by atoms with E-state index in [1.807, 2.05) is 0 Å². The molecular weight excluding hydrogens is 223 g/mol. The molecule has 0 saturated carbocycles. The zero-order valence-electron chi connectivity index (χ0n) is 9.37. The minimum atomic E-state index is -0.613. The number of hydrogen-bond acceptors (Lipinski definition) is 3. The summed E-state index contributed by atoms with van der Waals surface area (Å²) in [5, 5.41) is 15.0. The lowest BCUT2D eigenvalue weighted by Gasteiger charge is -2.11. The Morgan fingerprint density at radius 2 is 2.35 bits per heavy atom. The number of rotatable bonds is 4. The summed E-state index contributed by atoms with van der Waals surface area (Å²) in [6.45, 7) is 1.19. The van der Waals surface area contributed by atoms with Gasteiger partial charge >= 0.3 is 0 Å². The standard InChI is InChI=1S/C12H15FN2O2/c13-10-5-8(1-3-11(10)16)6-14-7-9-2-4-12(17)15-9/h1,3,5,9,14,16H,2,4,6-7H2,(H,15,17). The molecule has 0 bridgehead atoms. The fraction of sp³-hybridized carbons (Fsp3) is 0.417. The van der Waals surface area contributed by atoms with Crippen LogP contribution in [0.3, 0.4) is 0 Å². The first-order chi connectivity index (χ1) is 8.15. The van der Waals surface area contributed by atoms with Crippen LogP contribution in [0.1, 0.15) is 18.4 Å². The fourth-order valence-corrected chi connectivity index (χ4v) is 1.88. The Hall–Kier alpha value is -1.62. The van der Waals surface area contributed by atoms with E-state index in [-0.39, 0.29) is 17.7 Å². The molecule has 1 aliphatic rings. The van der Waals surface area contributed by atoms with Gasteiger partial charge in [0.1, 0.15) is 0 Å². The molecule has 1 fully saturated rings. The van der Waals surface area contributed by atoms with Crippen LogP contribution in [-0.4, -0.2) is 23.6 Å². The fourth-order valence-electron chi connectivity index (χ4n) is 1.88. The van der Waals surface area contributed by atoms with Crippen LogP contribution in [0.2, 0.25) is 0 Å². The van der Waals surface area contributed by atoms with Crippen LogP contribution in [-0.2, 0) is 11.3 Å². The van der Waals surface area contributed by atoms with E-state index in [4.69, 9.17) is 5.11 Å². The van der Waals surface area contributed by atoms with Crippen LogP contribution in [0.5, 0.6) is 5.75 Å². The van der Waals surface area contributed by atoms with Crippen LogP contribution >= 0.6 is 0 Å². The highest BCUT2D eigenvalue weighted by molar-refractivity contribution is 5.78. The molecule has 1 atom stereocenters. The number of hydrogen-bond donors (Lipinski definition) is 3. The predicted molar refractivity (Wildman–Crippen MR) is 60.9 cm³/mol. The average molecular weight is 238 g/mol. The van der Waals surface area contributed by atoms with Crippen molar-refractivity contribution in [2.75, 3.05) is 6.54 Å². The smallest absolute Gasteiger partial charge is 0.220 e. The Morgan fingerprint density at radius 1 is 1.53 bits per heavy atom. The molecule has 1 aromatic rings. The van der Waals surface area contributed by atoms with Gasteiger partial charge in [-0.2, -0.15) is 0 Å². The molecule has 1 amide bonds. The van der Waals surface area contributed by atoms with E-state index >= 15 is 0 Å². The van der Waals surface area contributed by atoms with Crippen LogP contribution in [0.25, 0.3) is 0 Å². The van der Waals surface area contributed by atoms with Crippen LogP contribution in [0.4, 0.5) is 4.39 Å². The Bertz CT molecular complexity index is 423. The third-order valence-electron chi connectivity index (χ3n) is 2.82. The maximum absolute atomic E-state index is 13.0. The van der Waals surface area contributed by atoms with Crippen molar-refractivity contribution in [2.24, 2.45) is 0 Å². The largest absolute Gasteiger partial charge is 0.505 e. The van der Waals surface area contributed by atoms with Crippen LogP contribution in [0, 0.1) is 5.82 Å². The summed E-state index contributed by atoms with van der Waals surface area (Å²) in [4.78, 5) is 11.0. The van der Waals surface area contributed by atoms with Crippen molar-refractivity contribution in [3.8, 4) is 5.75 Å². The van der Waals surface area contributed by atoms with Crippen molar-refractivity contribution in [1.82, 2.24) is 10.6 Å². The first-order valence-electron chi connectivity index (χ1n) is 5.62. The molecule has 92 valence electrons. The third kappa shape index (κ3) is 3.17. The summed E-state index contributed by atoms with van der Waals surface area (Å²) in [5.74, 6) is -0.859. The Labute approximate surface area is 98.8 Å². The van der Waals surface area contributed by atoms with Gasteiger partial charge in [-0.1, -0.05) is 6.07 Å². The van der Waals surface area contributed by atoms with Crippen molar-refractivity contribution in [2.45, 2.75) is 25.4 Å². The summed E-state index contributed by atoms with van der Waals surface area (Å²) in [6, 6.07) is 4.47. The second-order valence-corrected chi connectivity index (χ2v) is 4.22. The topological polar surface area (TPSA) is 61.4 Å². The van der Waals surface area contributed by atoms with E-state index in [2.05, 4.69) is 10.6 Å². The predicted octanol–water partition coefficient (Wildman–Crippen LogP) is 0.899. The number of amides is 1. The van der Waals surface area contributed by atoms with Gasteiger partial charge < -0.3 is 15.7 Å². The van der Waals surface area contributed by atoms with E-state index in [0.717, 1.165) is 12.0 Å². The highest BCUT2D eigenvalue weighted by Gasteiger charge is 2.19. The monoisotopic (exact) mass is 238 g/mol. The van der Waals surface area contributed by atoms with Crippen molar-refractivity contribution in [3.63, 3.8) is 0 Å². The van der Waals surface area contributed by atoms with Crippen LogP contribution < -0.4 is 10.6 Å². The van der Waals surface area contributed by atoms with E-state index in [0.29, 0.717) is 19.5 Å². The summed E-state index contributed by atoms with van der Waals surface area (Å²) < 4.78 is 13.0. The van der Waals surface area contributed by atoms with Gasteiger partial charge in [-0.3, -0.25) is 4.79 Å². The number of phenolic OH excluding ortho intramolecular Hbond substituents is 1. The maximum Gasteiger partial charge on any atom is 0.220 e. The Morgan fingerprint density at radius 3 is 3.00 bits per heavy atom. The molecule has 1 heterocycles. The Balaban J connectivity index is 1.78. The number of halogens is 1. The highest BCUT2D eigenvalue weighted by atomic mass is 19.1. The minimum Gasteiger partial charge on any atom is -0.505 e. The normalized spacial score (nSPS) is 19.4. The Kier molecular flexibility index (Phi) is 3.58. The molecule has 5 heteroatoms. The van der Waals surface area contributed by atoms with Crippen LogP contribution in [0.15, 0.2) is 18.2 Å². The van der Waals surface area contributed by atoms with Gasteiger partial charge in [-0.25, -0.2) is 4.39 Å². The van der Waals surface area contributed by atoms with Crippen molar-refractivity contribution in [1.29, 1.82) is 0 Å². The molecule has 0 aliphatic carbocycles. The molecule has 0 aromatic heterocycles. The van der Waals surface area contributed by atoms with E-state index in [1.165, 1.54) is 12.1 Å². The van der Waals surface area contributed by atoms with Crippen molar-refractivity contribution in [3.05, 3.63) is 29.6 Å². The van der Waals surface area contributed by atoms with Crippen molar-refractivity contribution < 1.29 is 14.3 Å². The van der Waals surface area contributed by atoms with Crippen molar-refractivity contribution >= 4 is 5.91 Å².